The van der Waals surface area contributed by atoms with E-state index in [4.69, 9.17) is 4.74 Å². The Kier molecular flexibility index (Phi) is 15.3. The predicted molar refractivity (Wildman–Crippen MR) is 90.3 cm³/mol. The first-order valence-corrected chi connectivity index (χ1v) is 8.98. The summed E-state index contributed by atoms with van der Waals surface area (Å²) in [6.45, 7) is 8.94. The molecule has 1 N–H and O–H groups in total. The van der Waals surface area contributed by atoms with E-state index in [0.29, 0.717) is 6.04 Å². The number of hydrogen-bond acceptors (Lipinski definition) is 2. The molecule has 0 saturated carbocycles. The molecule has 0 aromatic carbocycles. The van der Waals surface area contributed by atoms with Gasteiger partial charge in [0, 0.05) is 19.8 Å². The number of ether oxygens (including phenoxy) is 1. The SMILES string of the molecule is CCCCCCCCCC(NCCC)C(C)CCOC. The van der Waals surface area contributed by atoms with Gasteiger partial charge in [-0.05, 0) is 31.7 Å². The van der Waals surface area contributed by atoms with Crippen LogP contribution in [0.4, 0.5) is 0 Å². The van der Waals surface area contributed by atoms with Crippen LogP contribution in [0.3, 0.4) is 0 Å². The van der Waals surface area contributed by atoms with Crippen LogP contribution in [-0.4, -0.2) is 26.3 Å². The molecule has 122 valence electrons. The zero-order valence-electron chi connectivity index (χ0n) is 14.5. The fourth-order valence-electron chi connectivity index (χ4n) is 2.74. The summed E-state index contributed by atoms with van der Waals surface area (Å²) in [5.74, 6) is 0.724. The molecule has 0 aromatic heterocycles. The Hall–Kier alpha value is -0.0800. The van der Waals surface area contributed by atoms with E-state index in [1.54, 1.807) is 7.11 Å². The molecular formula is C18H39NO. The second-order valence-electron chi connectivity index (χ2n) is 6.23. The van der Waals surface area contributed by atoms with E-state index in [2.05, 4.69) is 26.1 Å². The van der Waals surface area contributed by atoms with Gasteiger partial charge in [0.1, 0.15) is 0 Å². The zero-order valence-corrected chi connectivity index (χ0v) is 14.5. The molecule has 0 aromatic rings. The van der Waals surface area contributed by atoms with Crippen LogP contribution in [0.1, 0.15) is 85.0 Å². The van der Waals surface area contributed by atoms with Crippen molar-refractivity contribution in [3.8, 4) is 0 Å². The normalized spacial score (nSPS) is 14.4. The summed E-state index contributed by atoms with van der Waals surface area (Å²) in [5.41, 5.74) is 0. The quantitative estimate of drug-likeness (QED) is 0.419. The summed E-state index contributed by atoms with van der Waals surface area (Å²) < 4.78 is 5.22. The van der Waals surface area contributed by atoms with Crippen molar-refractivity contribution in [1.82, 2.24) is 5.32 Å². The maximum absolute atomic E-state index is 5.22. The minimum atomic E-state index is 0.681. The molecule has 0 saturated heterocycles. The summed E-state index contributed by atoms with van der Waals surface area (Å²) in [6.07, 6.45) is 13.6. The van der Waals surface area contributed by atoms with E-state index >= 15 is 0 Å². The van der Waals surface area contributed by atoms with Crippen LogP contribution in [0.5, 0.6) is 0 Å². The molecule has 0 aliphatic rings. The fraction of sp³-hybridized carbons (Fsp3) is 1.00. The fourth-order valence-corrected chi connectivity index (χ4v) is 2.74. The van der Waals surface area contributed by atoms with Gasteiger partial charge in [-0.3, -0.25) is 0 Å². The number of methoxy groups -OCH3 is 1. The summed E-state index contributed by atoms with van der Waals surface area (Å²) >= 11 is 0. The first-order valence-electron chi connectivity index (χ1n) is 8.98. The van der Waals surface area contributed by atoms with Crippen LogP contribution in [0.15, 0.2) is 0 Å². The highest BCUT2D eigenvalue weighted by Gasteiger charge is 2.15. The molecule has 0 bridgehead atoms. The summed E-state index contributed by atoms with van der Waals surface area (Å²) in [5, 5.41) is 3.73. The van der Waals surface area contributed by atoms with Crippen LogP contribution in [0, 0.1) is 5.92 Å². The summed E-state index contributed by atoms with van der Waals surface area (Å²) in [4.78, 5) is 0. The molecule has 0 amide bonds. The van der Waals surface area contributed by atoms with Crippen molar-refractivity contribution >= 4 is 0 Å². The number of unbranched alkanes of at least 4 members (excludes halogenated alkanes) is 6. The van der Waals surface area contributed by atoms with Crippen molar-refractivity contribution in [1.29, 1.82) is 0 Å². The van der Waals surface area contributed by atoms with Crippen molar-refractivity contribution in [2.24, 2.45) is 5.92 Å². The van der Waals surface area contributed by atoms with Crippen LogP contribution >= 0.6 is 0 Å². The predicted octanol–water partition coefficient (Wildman–Crippen LogP) is 5.17. The Morgan fingerprint density at radius 2 is 1.50 bits per heavy atom. The molecule has 2 heteroatoms. The van der Waals surface area contributed by atoms with Gasteiger partial charge in [-0.15, -0.1) is 0 Å². The molecule has 2 nitrogen and oxygen atoms in total. The van der Waals surface area contributed by atoms with Crippen LogP contribution in [0.2, 0.25) is 0 Å². The lowest BCUT2D eigenvalue weighted by Crippen LogP contribution is -2.36. The van der Waals surface area contributed by atoms with Crippen molar-refractivity contribution in [2.75, 3.05) is 20.3 Å². The smallest absolute Gasteiger partial charge is 0.0465 e. The molecule has 0 fully saturated rings. The van der Waals surface area contributed by atoms with Crippen molar-refractivity contribution in [3.05, 3.63) is 0 Å². The lowest BCUT2D eigenvalue weighted by atomic mass is 9.93. The molecule has 0 rings (SSSR count). The molecule has 0 aliphatic carbocycles. The van der Waals surface area contributed by atoms with E-state index in [-0.39, 0.29) is 0 Å². The highest BCUT2D eigenvalue weighted by atomic mass is 16.5. The molecule has 0 aliphatic heterocycles. The molecule has 0 radical (unpaired) electrons. The highest BCUT2D eigenvalue weighted by molar-refractivity contribution is 4.73. The van der Waals surface area contributed by atoms with Crippen molar-refractivity contribution in [3.63, 3.8) is 0 Å². The van der Waals surface area contributed by atoms with Gasteiger partial charge in [0.15, 0.2) is 0 Å². The maximum Gasteiger partial charge on any atom is 0.0465 e. The van der Waals surface area contributed by atoms with Crippen LogP contribution < -0.4 is 5.32 Å². The number of nitrogens with one attached hydrogen (secondary N) is 1. The lowest BCUT2D eigenvalue weighted by molar-refractivity contribution is 0.168. The second kappa shape index (κ2) is 15.3. The summed E-state index contributed by atoms with van der Waals surface area (Å²) in [7, 11) is 1.80. The Morgan fingerprint density at radius 1 is 0.850 bits per heavy atom. The van der Waals surface area contributed by atoms with Gasteiger partial charge < -0.3 is 10.1 Å². The molecule has 20 heavy (non-hydrogen) atoms. The molecule has 0 heterocycles. The first-order chi connectivity index (χ1) is 9.76. The maximum atomic E-state index is 5.22. The minimum absolute atomic E-state index is 0.681. The Labute approximate surface area is 128 Å². The third kappa shape index (κ3) is 11.7. The van der Waals surface area contributed by atoms with E-state index in [0.717, 1.165) is 19.1 Å². The van der Waals surface area contributed by atoms with E-state index in [1.165, 1.54) is 64.2 Å². The van der Waals surface area contributed by atoms with Gasteiger partial charge in [0.05, 0.1) is 0 Å². The standard InChI is InChI=1S/C18H39NO/c1-5-7-8-9-10-11-12-13-18(19-15-6-2)17(3)14-16-20-4/h17-19H,5-16H2,1-4H3. The highest BCUT2D eigenvalue weighted by Crippen LogP contribution is 2.16. The molecule has 2 atom stereocenters. The van der Waals surface area contributed by atoms with Gasteiger partial charge in [-0.1, -0.05) is 65.7 Å². The minimum Gasteiger partial charge on any atom is -0.385 e. The third-order valence-corrected chi connectivity index (χ3v) is 4.24. The average Bonchev–Trinajstić information content (AvgIpc) is 2.46. The average molecular weight is 286 g/mol. The van der Waals surface area contributed by atoms with E-state index < -0.39 is 0 Å². The molecular weight excluding hydrogens is 246 g/mol. The second-order valence-corrected chi connectivity index (χ2v) is 6.23. The Bertz CT molecular complexity index is 184. The summed E-state index contributed by atoms with van der Waals surface area (Å²) in [6, 6.07) is 0.681. The van der Waals surface area contributed by atoms with E-state index in [1.807, 2.05) is 0 Å². The van der Waals surface area contributed by atoms with Crippen molar-refractivity contribution in [2.45, 2.75) is 91.0 Å². The van der Waals surface area contributed by atoms with Gasteiger partial charge in [-0.25, -0.2) is 0 Å². The van der Waals surface area contributed by atoms with E-state index in [9.17, 15) is 0 Å². The first kappa shape index (κ1) is 19.9. The van der Waals surface area contributed by atoms with Crippen LogP contribution in [0.25, 0.3) is 0 Å². The van der Waals surface area contributed by atoms with Gasteiger partial charge in [0.2, 0.25) is 0 Å². The Balaban J connectivity index is 3.73. The molecule has 0 spiro atoms. The Morgan fingerprint density at radius 3 is 2.10 bits per heavy atom. The third-order valence-electron chi connectivity index (χ3n) is 4.24. The monoisotopic (exact) mass is 285 g/mol. The largest absolute Gasteiger partial charge is 0.385 e. The number of hydrogen-bond donors (Lipinski definition) is 1. The van der Waals surface area contributed by atoms with Gasteiger partial charge in [0.25, 0.3) is 0 Å². The number of rotatable bonds is 15. The lowest BCUT2D eigenvalue weighted by Gasteiger charge is -2.25. The molecule has 2 unspecified atom stereocenters. The van der Waals surface area contributed by atoms with Crippen LogP contribution in [-0.2, 0) is 4.74 Å². The van der Waals surface area contributed by atoms with Gasteiger partial charge in [-0.2, -0.15) is 0 Å². The zero-order chi connectivity index (χ0) is 15.1. The van der Waals surface area contributed by atoms with Gasteiger partial charge >= 0.3 is 0 Å². The topological polar surface area (TPSA) is 21.3 Å². The van der Waals surface area contributed by atoms with Crippen molar-refractivity contribution < 1.29 is 4.74 Å².